The molecule has 0 saturated heterocycles. The first kappa shape index (κ1) is 39.1. The third-order valence-electron chi connectivity index (χ3n) is 7.66. The molecule has 274 valence electrons. The topological polar surface area (TPSA) is 203 Å². The predicted molar refractivity (Wildman–Crippen MR) is 191 cm³/mol. The smallest absolute Gasteiger partial charge is 0.300 e. The van der Waals surface area contributed by atoms with Crippen molar-refractivity contribution in [2.75, 3.05) is 71.4 Å². The van der Waals surface area contributed by atoms with Gasteiger partial charge in [-0.25, -0.2) is 8.37 Å². The minimum Gasteiger partial charge on any atom is -0.495 e. The zero-order valence-corrected chi connectivity index (χ0v) is 31.2. The molecule has 0 N–H and O–H groups in total. The van der Waals surface area contributed by atoms with E-state index in [1.165, 1.54) is 57.7 Å². The van der Waals surface area contributed by atoms with Gasteiger partial charge in [0.25, 0.3) is 20.2 Å². The molecule has 0 aliphatic rings. The molecule has 0 unspecified atom stereocenters. The summed E-state index contributed by atoms with van der Waals surface area (Å²) in [7, 11) is -0.0781. The Kier molecular flexibility index (Phi) is 11.8. The van der Waals surface area contributed by atoms with Crippen molar-refractivity contribution in [2.24, 2.45) is 0 Å². The molecule has 2 heterocycles. The van der Waals surface area contributed by atoms with Crippen LogP contribution in [0, 0.1) is 22.7 Å². The number of hydrogen-bond acceptors (Lipinski definition) is 16. The Morgan fingerprint density at radius 3 is 1.31 bits per heavy atom. The van der Waals surface area contributed by atoms with Crippen molar-refractivity contribution in [1.29, 1.82) is 10.5 Å². The predicted octanol–water partition coefficient (Wildman–Crippen LogP) is 3.77. The fraction of sp³-hybridized carbons (Fsp3) is 0.294. The second kappa shape index (κ2) is 15.7. The highest BCUT2D eigenvalue weighted by molar-refractivity contribution is 7.86. The van der Waals surface area contributed by atoms with Crippen LogP contribution >= 0.6 is 0 Å². The van der Waals surface area contributed by atoms with Gasteiger partial charge in [-0.15, -0.1) is 0 Å². The van der Waals surface area contributed by atoms with Gasteiger partial charge < -0.3 is 28.7 Å². The number of likely N-dealkylation sites (N-methyl/N-ethyl adjacent to an activating group) is 2. The molecule has 0 amide bonds. The van der Waals surface area contributed by atoms with E-state index in [4.69, 9.17) is 27.3 Å². The molecule has 16 nitrogen and oxygen atoms in total. The number of nitrogens with zero attached hydrogens (tertiary/aromatic N) is 6. The zero-order valence-electron chi connectivity index (χ0n) is 29.6. The van der Waals surface area contributed by atoms with Crippen molar-refractivity contribution < 1.29 is 44.1 Å². The van der Waals surface area contributed by atoms with Crippen LogP contribution in [0.15, 0.2) is 60.9 Å². The van der Waals surface area contributed by atoms with Gasteiger partial charge in [-0.2, -0.15) is 27.4 Å². The van der Waals surface area contributed by atoms with Crippen LogP contribution in [0.4, 0.5) is 11.4 Å². The van der Waals surface area contributed by atoms with E-state index in [1.54, 1.807) is 55.6 Å². The molecule has 0 radical (unpaired) electrons. The molecule has 2 aromatic carbocycles. The van der Waals surface area contributed by atoms with Gasteiger partial charge >= 0.3 is 5.91 Å². The maximum absolute atomic E-state index is 12.7. The van der Waals surface area contributed by atoms with Crippen molar-refractivity contribution >= 4 is 31.6 Å². The fourth-order valence-electron chi connectivity index (χ4n) is 5.22. The number of anilines is 2. The Hall–Kier alpha value is -5.66. The first-order valence-corrected chi connectivity index (χ1v) is 18.7. The lowest BCUT2D eigenvalue weighted by atomic mass is 10.1. The van der Waals surface area contributed by atoms with Crippen molar-refractivity contribution in [3.05, 3.63) is 72.1 Å². The van der Waals surface area contributed by atoms with Crippen molar-refractivity contribution in [1.82, 2.24) is 9.97 Å². The average Bonchev–Trinajstić information content (AvgIpc) is 3.11. The van der Waals surface area contributed by atoms with E-state index in [1.807, 2.05) is 6.07 Å². The summed E-state index contributed by atoms with van der Waals surface area (Å²) in [6.45, 7) is -0.477. The molecule has 2 aromatic heterocycles. The van der Waals surface area contributed by atoms with Crippen molar-refractivity contribution in [3.8, 4) is 57.7 Å². The summed E-state index contributed by atoms with van der Waals surface area (Å²) in [5.41, 5.74) is 3.13. The highest BCUT2D eigenvalue weighted by Gasteiger charge is 2.46. The van der Waals surface area contributed by atoms with Gasteiger partial charge in [-0.05, 0) is 48.5 Å². The summed E-state index contributed by atoms with van der Waals surface area (Å²) >= 11 is 0. The van der Waals surface area contributed by atoms with Crippen LogP contribution in [-0.2, 0) is 28.6 Å². The van der Waals surface area contributed by atoms with Gasteiger partial charge in [0.15, 0.2) is 0 Å². The molecule has 0 aliphatic carbocycles. The quantitative estimate of drug-likeness (QED) is 0.125. The Bertz CT molecular complexity index is 2150. The number of pyridine rings is 2. The minimum atomic E-state index is -4.36. The van der Waals surface area contributed by atoms with Gasteiger partial charge in [0.2, 0.25) is 0 Å². The van der Waals surface area contributed by atoms with Gasteiger partial charge in [0.05, 0.1) is 82.7 Å². The Morgan fingerprint density at radius 2 is 1.02 bits per heavy atom. The lowest BCUT2D eigenvalue weighted by Crippen LogP contribution is -2.59. The number of benzene rings is 2. The van der Waals surface area contributed by atoms with E-state index in [-0.39, 0.29) is 28.3 Å². The highest BCUT2D eigenvalue weighted by Crippen LogP contribution is 2.37. The number of rotatable bonds is 15. The summed E-state index contributed by atoms with van der Waals surface area (Å²) in [5.74, 6) is -1.36. The minimum absolute atomic E-state index is 0.203. The standard InChI is InChI=1S/C34H36N6O10S2/c1-39(24-9-11-28(37-19-24)22-13-30(45-3)26(17-35)31(14-22)46-4)21-34(49-51(7,41)42,50-52(8,43)44)40(2)25-10-12-29(38-20-25)23-15-32(47-5)27(18-36)33(16-23)48-6/h9-16,19-20H,21H2,1-8H3. The molecule has 0 saturated carbocycles. The van der Waals surface area contributed by atoms with Crippen LogP contribution in [0.5, 0.6) is 23.0 Å². The summed E-state index contributed by atoms with van der Waals surface area (Å²) in [5, 5.41) is 19.1. The molecule has 0 aliphatic heterocycles. The summed E-state index contributed by atoms with van der Waals surface area (Å²) in [4.78, 5) is 11.7. The second-order valence-corrected chi connectivity index (χ2v) is 14.4. The third kappa shape index (κ3) is 8.79. The molecule has 0 spiro atoms. The molecule has 0 bridgehead atoms. The summed E-state index contributed by atoms with van der Waals surface area (Å²) < 4.78 is 83.1. The Balaban J connectivity index is 1.74. The van der Waals surface area contributed by atoms with Crippen LogP contribution < -0.4 is 28.7 Å². The molecule has 0 fully saturated rings. The third-order valence-corrected chi connectivity index (χ3v) is 8.79. The van der Waals surface area contributed by atoms with Gasteiger partial charge in [-0.3, -0.25) is 9.97 Å². The number of nitriles is 2. The summed E-state index contributed by atoms with van der Waals surface area (Å²) in [6.07, 6.45) is 4.39. The van der Waals surface area contributed by atoms with Crippen LogP contribution in [0.25, 0.3) is 22.5 Å². The van der Waals surface area contributed by atoms with Gasteiger partial charge in [0.1, 0.15) is 46.3 Å². The average molecular weight is 753 g/mol. The second-order valence-electron chi connectivity index (χ2n) is 11.2. The van der Waals surface area contributed by atoms with Crippen LogP contribution in [0.1, 0.15) is 11.1 Å². The number of aromatic nitrogens is 2. The fourth-order valence-corrected chi connectivity index (χ4v) is 6.61. The van der Waals surface area contributed by atoms with E-state index >= 15 is 0 Å². The Morgan fingerprint density at radius 1 is 0.654 bits per heavy atom. The largest absolute Gasteiger partial charge is 0.495 e. The van der Waals surface area contributed by atoms with Crippen LogP contribution in [0.3, 0.4) is 0 Å². The Labute approximate surface area is 302 Å². The number of methoxy groups -OCH3 is 4. The normalized spacial score (nSPS) is 11.6. The number of hydrogen-bond donors (Lipinski definition) is 0. The molecular formula is C34H36N6O10S2. The lowest BCUT2D eigenvalue weighted by molar-refractivity contribution is -0.0930. The van der Waals surface area contributed by atoms with Crippen LogP contribution in [0.2, 0.25) is 0 Å². The van der Waals surface area contributed by atoms with E-state index in [2.05, 4.69) is 16.0 Å². The van der Waals surface area contributed by atoms with E-state index in [9.17, 15) is 27.4 Å². The van der Waals surface area contributed by atoms with Gasteiger partial charge in [0, 0.05) is 25.2 Å². The molecular weight excluding hydrogens is 717 g/mol. The lowest BCUT2D eigenvalue weighted by Gasteiger charge is -2.42. The van der Waals surface area contributed by atoms with E-state index < -0.39 is 32.7 Å². The molecule has 18 heteroatoms. The van der Waals surface area contributed by atoms with Crippen LogP contribution in [-0.4, -0.2) is 94.3 Å². The zero-order chi connectivity index (χ0) is 38.4. The molecule has 4 aromatic rings. The molecule has 4 rings (SSSR count). The van der Waals surface area contributed by atoms with E-state index in [0.717, 1.165) is 12.5 Å². The molecule has 0 atom stereocenters. The van der Waals surface area contributed by atoms with Gasteiger partial charge in [-0.1, -0.05) is 0 Å². The van der Waals surface area contributed by atoms with Crippen molar-refractivity contribution in [2.45, 2.75) is 5.91 Å². The summed E-state index contributed by atoms with van der Waals surface area (Å²) in [6, 6.07) is 17.1. The first-order chi connectivity index (χ1) is 24.5. The maximum atomic E-state index is 12.7. The maximum Gasteiger partial charge on any atom is 0.300 e. The monoisotopic (exact) mass is 752 g/mol. The SMILES string of the molecule is COc1cc(-c2ccc(N(C)CC(OS(C)(=O)=O)(OS(C)(=O)=O)N(C)c3ccc(-c4cc(OC)c(C#N)c(OC)c4)nc3)cn2)cc(OC)c1C#N. The highest BCUT2D eigenvalue weighted by atomic mass is 32.2. The van der Waals surface area contributed by atoms with Crippen molar-refractivity contribution in [3.63, 3.8) is 0 Å². The first-order valence-electron chi connectivity index (χ1n) is 15.0. The molecule has 52 heavy (non-hydrogen) atoms. The van der Waals surface area contributed by atoms with E-state index in [0.29, 0.717) is 39.7 Å². The number of ether oxygens (including phenoxy) is 4.